The molecule has 0 aliphatic carbocycles. The Labute approximate surface area is 178 Å². The first-order valence-electron chi connectivity index (χ1n) is 9.89. The van der Waals surface area contributed by atoms with Gasteiger partial charge < -0.3 is 10.0 Å². The Morgan fingerprint density at radius 2 is 1.77 bits per heavy atom. The lowest BCUT2D eigenvalue weighted by Crippen LogP contribution is -2.60. The zero-order valence-corrected chi connectivity index (χ0v) is 17.4. The molecule has 1 spiro atoms. The van der Waals surface area contributed by atoms with E-state index in [2.05, 4.69) is 16.2 Å². The summed E-state index contributed by atoms with van der Waals surface area (Å²) in [6.45, 7) is 5.79. The summed E-state index contributed by atoms with van der Waals surface area (Å²) in [4.78, 5) is 26.2. The van der Waals surface area contributed by atoms with Crippen LogP contribution in [0.1, 0.15) is 34.3 Å². The smallest absolute Gasteiger partial charge is 0.475 e. The number of hydrogen-bond acceptors (Lipinski definition) is 4. The third-order valence-corrected chi connectivity index (χ3v) is 5.81. The van der Waals surface area contributed by atoms with E-state index in [4.69, 9.17) is 9.90 Å². The fraction of sp³-hybridized carbons (Fsp3) is 0.476. The number of hydrogen-bond donors (Lipinski definition) is 1. The molecule has 31 heavy (non-hydrogen) atoms. The number of aliphatic carboxylic acids is 1. The first-order chi connectivity index (χ1) is 14.5. The lowest BCUT2D eigenvalue weighted by Gasteiger charge is -2.50. The van der Waals surface area contributed by atoms with Crippen LogP contribution in [0.25, 0.3) is 0 Å². The van der Waals surface area contributed by atoms with Crippen LogP contribution in [0.15, 0.2) is 36.7 Å². The fourth-order valence-electron chi connectivity index (χ4n) is 3.98. The molecule has 1 N–H and O–H groups in total. The molecule has 0 radical (unpaired) electrons. The normalized spacial score (nSPS) is 20.9. The molecule has 2 fully saturated rings. The molecule has 2 aliphatic heterocycles. The SMILES string of the molecule is Cc1ccc(C(=O)N2CCC3(CCN3Cc3cnn(C)c3)C2)cc1.O=C(O)C(F)(F)F. The van der Waals surface area contributed by atoms with Gasteiger partial charge in [-0.3, -0.25) is 14.4 Å². The minimum atomic E-state index is -5.08. The van der Waals surface area contributed by atoms with Crippen molar-refractivity contribution >= 4 is 11.9 Å². The largest absolute Gasteiger partial charge is 0.490 e. The van der Waals surface area contributed by atoms with Crippen LogP contribution in [0.3, 0.4) is 0 Å². The number of nitrogens with zero attached hydrogens (tertiary/aromatic N) is 4. The molecule has 10 heteroatoms. The molecule has 2 aromatic rings. The third kappa shape index (κ3) is 5.25. The maximum atomic E-state index is 12.7. The third-order valence-electron chi connectivity index (χ3n) is 5.81. The summed E-state index contributed by atoms with van der Waals surface area (Å²) in [5.41, 5.74) is 3.41. The number of rotatable bonds is 3. The van der Waals surface area contributed by atoms with Gasteiger partial charge in [0.05, 0.1) is 6.20 Å². The summed E-state index contributed by atoms with van der Waals surface area (Å²) in [7, 11) is 1.95. The highest BCUT2D eigenvalue weighted by atomic mass is 19.4. The molecular formula is C21H25F3N4O3. The molecular weight excluding hydrogens is 413 g/mol. The van der Waals surface area contributed by atoms with Crippen LogP contribution < -0.4 is 0 Å². The number of carboxylic acid groups (broad SMARTS) is 1. The number of amides is 1. The quantitative estimate of drug-likeness (QED) is 0.798. The van der Waals surface area contributed by atoms with Gasteiger partial charge in [-0.05, 0) is 31.9 Å². The number of halogens is 3. The Morgan fingerprint density at radius 3 is 2.26 bits per heavy atom. The van der Waals surface area contributed by atoms with E-state index in [1.807, 2.05) is 54.0 Å². The number of aryl methyl sites for hydroxylation is 2. The van der Waals surface area contributed by atoms with E-state index in [0.29, 0.717) is 0 Å². The average Bonchev–Trinajstić information content (AvgIpc) is 3.33. The average molecular weight is 438 g/mol. The van der Waals surface area contributed by atoms with E-state index in [9.17, 15) is 18.0 Å². The molecule has 1 amide bonds. The van der Waals surface area contributed by atoms with E-state index in [-0.39, 0.29) is 11.4 Å². The highest BCUT2D eigenvalue weighted by Gasteiger charge is 2.50. The molecule has 1 aromatic heterocycles. The van der Waals surface area contributed by atoms with Gasteiger partial charge in [-0.1, -0.05) is 17.7 Å². The molecule has 0 bridgehead atoms. The molecule has 1 aromatic carbocycles. The van der Waals surface area contributed by atoms with Crippen molar-refractivity contribution in [3.8, 4) is 0 Å². The zero-order chi connectivity index (χ0) is 22.8. The van der Waals surface area contributed by atoms with Gasteiger partial charge in [0.1, 0.15) is 0 Å². The summed E-state index contributed by atoms with van der Waals surface area (Å²) in [6.07, 6.45) is 1.20. The monoisotopic (exact) mass is 438 g/mol. The molecule has 7 nitrogen and oxygen atoms in total. The first kappa shape index (κ1) is 22.8. The predicted molar refractivity (Wildman–Crippen MR) is 106 cm³/mol. The Morgan fingerprint density at radius 1 is 1.16 bits per heavy atom. The van der Waals surface area contributed by atoms with Crippen LogP contribution in [0.2, 0.25) is 0 Å². The molecule has 2 saturated heterocycles. The standard InChI is InChI=1S/C19H24N4O.C2HF3O2/c1-15-3-5-17(6-4-15)18(24)22-9-7-19(14-22)8-10-23(19)13-16-11-20-21(2)12-16;3-2(4,5)1(6)7/h3-6,11-12H,7-10,13-14H2,1-2H3;(H,6,7). The Hall–Kier alpha value is -2.88. The van der Waals surface area contributed by atoms with Crippen LogP contribution in [-0.4, -0.2) is 67.9 Å². The Kier molecular flexibility index (Phi) is 6.40. The first-order valence-corrected chi connectivity index (χ1v) is 9.89. The van der Waals surface area contributed by atoms with Crippen LogP contribution in [0.5, 0.6) is 0 Å². The summed E-state index contributed by atoms with van der Waals surface area (Å²) >= 11 is 0. The highest BCUT2D eigenvalue weighted by molar-refractivity contribution is 5.94. The molecule has 1 unspecified atom stereocenters. The van der Waals surface area contributed by atoms with Gasteiger partial charge in [-0.25, -0.2) is 4.79 Å². The molecule has 3 heterocycles. The van der Waals surface area contributed by atoms with Gasteiger partial charge in [0.15, 0.2) is 0 Å². The van der Waals surface area contributed by atoms with Gasteiger partial charge in [-0.2, -0.15) is 18.3 Å². The van der Waals surface area contributed by atoms with Crippen molar-refractivity contribution in [2.24, 2.45) is 7.05 Å². The second kappa shape index (κ2) is 8.70. The van der Waals surface area contributed by atoms with Crippen LogP contribution >= 0.6 is 0 Å². The molecule has 0 saturated carbocycles. The van der Waals surface area contributed by atoms with E-state index in [0.717, 1.165) is 38.2 Å². The molecule has 168 valence electrons. The highest BCUT2D eigenvalue weighted by Crippen LogP contribution is 2.40. The predicted octanol–water partition coefficient (Wildman–Crippen LogP) is 2.85. The summed E-state index contributed by atoms with van der Waals surface area (Å²) < 4.78 is 33.6. The summed E-state index contributed by atoms with van der Waals surface area (Å²) in [5, 5.41) is 11.4. The van der Waals surface area contributed by atoms with Crippen molar-refractivity contribution in [1.82, 2.24) is 19.6 Å². The second-order valence-electron chi connectivity index (χ2n) is 8.06. The van der Waals surface area contributed by atoms with Crippen molar-refractivity contribution < 1.29 is 27.9 Å². The maximum absolute atomic E-state index is 12.7. The van der Waals surface area contributed by atoms with E-state index in [1.165, 1.54) is 17.5 Å². The molecule has 1 atom stereocenters. The van der Waals surface area contributed by atoms with Crippen LogP contribution in [0, 0.1) is 6.92 Å². The topological polar surface area (TPSA) is 78.7 Å². The van der Waals surface area contributed by atoms with Gasteiger partial charge in [-0.15, -0.1) is 0 Å². The summed E-state index contributed by atoms with van der Waals surface area (Å²) in [6, 6.07) is 7.90. The van der Waals surface area contributed by atoms with Crippen LogP contribution in [-0.2, 0) is 18.4 Å². The number of benzene rings is 1. The Bertz CT molecular complexity index is 942. The minimum absolute atomic E-state index is 0.167. The number of carbonyl (C=O) groups is 2. The van der Waals surface area contributed by atoms with Crippen molar-refractivity contribution in [3.63, 3.8) is 0 Å². The number of carbonyl (C=O) groups excluding carboxylic acids is 1. The lowest BCUT2D eigenvalue weighted by molar-refractivity contribution is -0.192. The van der Waals surface area contributed by atoms with Gasteiger partial charge in [0.2, 0.25) is 0 Å². The van der Waals surface area contributed by atoms with E-state index >= 15 is 0 Å². The number of likely N-dealkylation sites (tertiary alicyclic amines) is 2. The number of alkyl halides is 3. The second-order valence-corrected chi connectivity index (χ2v) is 8.06. The van der Waals surface area contributed by atoms with Crippen molar-refractivity contribution in [2.45, 2.75) is 38.0 Å². The molecule has 2 aliphatic rings. The van der Waals surface area contributed by atoms with Crippen LogP contribution in [0.4, 0.5) is 13.2 Å². The van der Waals surface area contributed by atoms with Gasteiger partial charge >= 0.3 is 12.1 Å². The van der Waals surface area contributed by atoms with E-state index in [1.54, 1.807) is 0 Å². The van der Waals surface area contributed by atoms with Gasteiger partial charge in [0.25, 0.3) is 5.91 Å². The zero-order valence-electron chi connectivity index (χ0n) is 17.4. The minimum Gasteiger partial charge on any atom is -0.475 e. The van der Waals surface area contributed by atoms with Crippen molar-refractivity contribution in [3.05, 3.63) is 53.3 Å². The summed E-state index contributed by atoms with van der Waals surface area (Å²) in [5.74, 6) is -2.59. The van der Waals surface area contributed by atoms with Crippen molar-refractivity contribution in [2.75, 3.05) is 19.6 Å². The Balaban J connectivity index is 0.000000339. The maximum Gasteiger partial charge on any atom is 0.490 e. The van der Waals surface area contributed by atoms with E-state index < -0.39 is 12.1 Å². The van der Waals surface area contributed by atoms with Gasteiger partial charge in [0, 0.05) is 56.1 Å². The number of carboxylic acids is 1. The van der Waals surface area contributed by atoms with Crippen molar-refractivity contribution in [1.29, 1.82) is 0 Å². The molecule has 4 rings (SSSR count). The fourth-order valence-corrected chi connectivity index (χ4v) is 3.98. The number of aromatic nitrogens is 2. The lowest BCUT2D eigenvalue weighted by atomic mass is 9.83.